The molecule has 1 aromatic carbocycles. The van der Waals surface area contributed by atoms with E-state index in [-0.39, 0.29) is 11.8 Å². The second-order valence-corrected chi connectivity index (χ2v) is 4.47. The lowest BCUT2D eigenvalue weighted by molar-refractivity contribution is -0.122. The van der Waals surface area contributed by atoms with Crippen LogP contribution in [-0.4, -0.2) is 17.9 Å². The van der Waals surface area contributed by atoms with Gasteiger partial charge in [0, 0.05) is 17.1 Å². The van der Waals surface area contributed by atoms with E-state index in [0.717, 1.165) is 5.56 Å². The molecule has 2 rings (SSSR count). The Bertz CT molecular complexity index is 474. The first-order valence-electron chi connectivity index (χ1n) is 5.43. The van der Waals surface area contributed by atoms with Crippen LogP contribution >= 0.6 is 11.6 Å². The number of carbonyl (C=O) groups is 2. The van der Waals surface area contributed by atoms with Crippen LogP contribution in [0.25, 0.3) is 0 Å². The van der Waals surface area contributed by atoms with Crippen molar-refractivity contribution in [1.82, 2.24) is 5.32 Å². The maximum absolute atomic E-state index is 11.9. The van der Waals surface area contributed by atoms with E-state index in [0.29, 0.717) is 23.6 Å². The molecule has 0 aromatic heterocycles. The summed E-state index contributed by atoms with van der Waals surface area (Å²) in [5.74, 6) is -0.269. The molecule has 1 aliphatic rings. The Morgan fingerprint density at radius 3 is 2.94 bits per heavy atom. The van der Waals surface area contributed by atoms with E-state index in [1.54, 1.807) is 18.2 Å². The van der Waals surface area contributed by atoms with Crippen LogP contribution in [-0.2, 0) is 9.59 Å². The monoisotopic (exact) mass is 252 g/mol. The van der Waals surface area contributed by atoms with Crippen LogP contribution in [0.5, 0.6) is 0 Å². The number of hydrogen-bond acceptors (Lipinski definition) is 2. The fourth-order valence-corrected chi connectivity index (χ4v) is 1.95. The molecule has 1 fully saturated rings. The molecular weight excluding hydrogens is 240 g/mol. The predicted octanol–water partition coefficient (Wildman–Crippen LogP) is 1.87. The first-order valence-corrected chi connectivity index (χ1v) is 5.81. The van der Waals surface area contributed by atoms with Crippen molar-refractivity contribution < 1.29 is 9.59 Å². The molecule has 1 saturated heterocycles. The molecule has 17 heavy (non-hydrogen) atoms. The van der Waals surface area contributed by atoms with Gasteiger partial charge >= 0.3 is 0 Å². The summed E-state index contributed by atoms with van der Waals surface area (Å²) >= 11 is 5.96. The number of amides is 2. The average molecular weight is 253 g/mol. The van der Waals surface area contributed by atoms with E-state index < -0.39 is 6.04 Å². The standard InChI is InChI=1S/C12H13ClN2O2/c1-7-8(13)3-2-4-9(7)15-12(17)10-5-6-11(16)14-10/h2-4,10H,5-6H2,1H3,(H,14,16)(H,15,17). The molecule has 0 saturated carbocycles. The van der Waals surface area contributed by atoms with Gasteiger partial charge in [0.15, 0.2) is 0 Å². The van der Waals surface area contributed by atoms with Crippen LogP contribution in [0.2, 0.25) is 5.02 Å². The van der Waals surface area contributed by atoms with Crippen molar-refractivity contribution >= 4 is 29.1 Å². The van der Waals surface area contributed by atoms with Crippen LogP contribution in [0.1, 0.15) is 18.4 Å². The van der Waals surface area contributed by atoms with Gasteiger partial charge in [-0.05, 0) is 31.0 Å². The normalized spacial score (nSPS) is 18.9. The minimum atomic E-state index is -0.430. The molecule has 0 aliphatic carbocycles. The second-order valence-electron chi connectivity index (χ2n) is 4.06. The highest BCUT2D eigenvalue weighted by molar-refractivity contribution is 6.31. The molecule has 4 nitrogen and oxygen atoms in total. The van der Waals surface area contributed by atoms with Gasteiger partial charge in [0.1, 0.15) is 6.04 Å². The summed E-state index contributed by atoms with van der Waals surface area (Å²) in [7, 11) is 0. The van der Waals surface area contributed by atoms with Crippen LogP contribution in [0.3, 0.4) is 0 Å². The van der Waals surface area contributed by atoms with Gasteiger partial charge in [-0.2, -0.15) is 0 Å². The highest BCUT2D eigenvalue weighted by Gasteiger charge is 2.27. The minimum Gasteiger partial charge on any atom is -0.344 e. The molecule has 2 amide bonds. The van der Waals surface area contributed by atoms with Crippen molar-refractivity contribution in [2.45, 2.75) is 25.8 Å². The molecule has 2 N–H and O–H groups in total. The van der Waals surface area contributed by atoms with Gasteiger partial charge in [-0.25, -0.2) is 0 Å². The van der Waals surface area contributed by atoms with Crippen molar-refractivity contribution in [3.63, 3.8) is 0 Å². The van der Waals surface area contributed by atoms with Crippen molar-refractivity contribution in [3.8, 4) is 0 Å². The number of anilines is 1. The van der Waals surface area contributed by atoms with Gasteiger partial charge in [-0.15, -0.1) is 0 Å². The number of carbonyl (C=O) groups excluding carboxylic acids is 2. The first kappa shape index (κ1) is 11.9. The van der Waals surface area contributed by atoms with Gasteiger partial charge in [-0.1, -0.05) is 17.7 Å². The van der Waals surface area contributed by atoms with Crippen molar-refractivity contribution in [2.75, 3.05) is 5.32 Å². The maximum Gasteiger partial charge on any atom is 0.246 e. The quantitative estimate of drug-likeness (QED) is 0.844. The third-order valence-electron chi connectivity index (χ3n) is 2.84. The third kappa shape index (κ3) is 2.58. The summed E-state index contributed by atoms with van der Waals surface area (Å²) in [5.41, 5.74) is 1.51. The topological polar surface area (TPSA) is 58.2 Å². The van der Waals surface area contributed by atoms with E-state index in [4.69, 9.17) is 11.6 Å². The molecule has 1 aromatic rings. The van der Waals surface area contributed by atoms with E-state index in [1.165, 1.54) is 0 Å². The summed E-state index contributed by atoms with van der Waals surface area (Å²) in [5, 5.41) is 6.01. The Morgan fingerprint density at radius 2 is 2.29 bits per heavy atom. The Balaban J connectivity index is 2.08. The van der Waals surface area contributed by atoms with Crippen LogP contribution < -0.4 is 10.6 Å². The molecular formula is C12H13ClN2O2. The van der Waals surface area contributed by atoms with Gasteiger partial charge in [-0.3, -0.25) is 9.59 Å². The lowest BCUT2D eigenvalue weighted by Gasteiger charge is -2.13. The molecule has 90 valence electrons. The molecule has 1 unspecified atom stereocenters. The summed E-state index contributed by atoms with van der Waals surface area (Å²) in [6, 6.07) is 4.90. The number of nitrogens with one attached hydrogen (secondary N) is 2. The number of hydrogen-bond donors (Lipinski definition) is 2. The van der Waals surface area contributed by atoms with Crippen molar-refractivity contribution in [1.29, 1.82) is 0 Å². The molecule has 1 atom stereocenters. The Labute approximate surface area is 104 Å². The van der Waals surface area contributed by atoms with Crippen molar-refractivity contribution in [3.05, 3.63) is 28.8 Å². The molecule has 0 radical (unpaired) electrons. The first-order chi connectivity index (χ1) is 8.08. The predicted molar refractivity (Wildman–Crippen MR) is 66.0 cm³/mol. The molecule has 1 aliphatic heterocycles. The van der Waals surface area contributed by atoms with E-state index in [1.807, 2.05) is 6.92 Å². The van der Waals surface area contributed by atoms with E-state index in [2.05, 4.69) is 10.6 Å². The Kier molecular flexibility index (Phi) is 3.33. The summed E-state index contributed by atoms with van der Waals surface area (Å²) < 4.78 is 0. The Morgan fingerprint density at radius 1 is 1.53 bits per heavy atom. The Hall–Kier alpha value is -1.55. The SMILES string of the molecule is Cc1c(Cl)cccc1NC(=O)C1CCC(=O)N1. The van der Waals surface area contributed by atoms with Crippen LogP contribution in [0, 0.1) is 6.92 Å². The summed E-state index contributed by atoms with van der Waals surface area (Å²) in [4.78, 5) is 22.9. The van der Waals surface area contributed by atoms with Crippen LogP contribution in [0.4, 0.5) is 5.69 Å². The van der Waals surface area contributed by atoms with Gasteiger partial charge in [0.2, 0.25) is 11.8 Å². The second kappa shape index (κ2) is 4.75. The fraction of sp³-hybridized carbons (Fsp3) is 0.333. The lowest BCUT2D eigenvalue weighted by Crippen LogP contribution is -2.37. The largest absolute Gasteiger partial charge is 0.344 e. The maximum atomic E-state index is 11.9. The zero-order valence-corrected chi connectivity index (χ0v) is 10.2. The number of rotatable bonds is 2. The summed E-state index contributed by atoms with van der Waals surface area (Å²) in [6.07, 6.45) is 0.955. The summed E-state index contributed by atoms with van der Waals surface area (Å²) in [6.45, 7) is 1.84. The average Bonchev–Trinajstić information content (AvgIpc) is 2.72. The van der Waals surface area contributed by atoms with E-state index in [9.17, 15) is 9.59 Å². The highest BCUT2D eigenvalue weighted by Crippen LogP contribution is 2.23. The van der Waals surface area contributed by atoms with E-state index >= 15 is 0 Å². The number of halogens is 1. The van der Waals surface area contributed by atoms with Crippen molar-refractivity contribution in [2.24, 2.45) is 0 Å². The zero-order chi connectivity index (χ0) is 12.4. The highest BCUT2D eigenvalue weighted by atomic mass is 35.5. The minimum absolute atomic E-state index is 0.0760. The lowest BCUT2D eigenvalue weighted by atomic mass is 10.1. The van der Waals surface area contributed by atoms with Gasteiger partial charge < -0.3 is 10.6 Å². The fourth-order valence-electron chi connectivity index (χ4n) is 1.77. The van der Waals surface area contributed by atoms with Gasteiger partial charge in [0.25, 0.3) is 0 Å². The molecule has 0 spiro atoms. The number of benzene rings is 1. The zero-order valence-electron chi connectivity index (χ0n) is 9.42. The smallest absolute Gasteiger partial charge is 0.246 e. The van der Waals surface area contributed by atoms with Crippen LogP contribution in [0.15, 0.2) is 18.2 Å². The van der Waals surface area contributed by atoms with Gasteiger partial charge in [0.05, 0.1) is 0 Å². The third-order valence-corrected chi connectivity index (χ3v) is 3.25. The molecule has 0 bridgehead atoms. The molecule has 1 heterocycles. The molecule has 5 heteroatoms.